The molecule has 1 heterocycles. The Morgan fingerprint density at radius 2 is 1.90 bits per heavy atom. The number of carbonyl (C=O) groups excluding carboxylic acids is 1. The van der Waals surface area contributed by atoms with Gasteiger partial charge in [0, 0.05) is 5.56 Å². The minimum absolute atomic E-state index is 0.0310. The van der Waals surface area contributed by atoms with Crippen LogP contribution < -0.4 is 10.1 Å². The van der Waals surface area contributed by atoms with Crippen molar-refractivity contribution in [1.82, 2.24) is 20.2 Å². The first-order valence-corrected chi connectivity index (χ1v) is 9.64. The van der Waals surface area contributed by atoms with E-state index in [1.165, 1.54) is 22.9 Å². The Balaban J connectivity index is 1.49. The molecule has 0 fully saturated rings. The number of hydrogen-bond acceptors (Lipinski definition) is 5. The molecule has 4 aromatic rings. The summed E-state index contributed by atoms with van der Waals surface area (Å²) in [5.74, 6) is 0.0789. The van der Waals surface area contributed by atoms with E-state index in [-0.39, 0.29) is 5.69 Å². The lowest BCUT2D eigenvalue weighted by molar-refractivity contribution is 0.102. The molecule has 0 aliphatic heterocycles. The molecule has 0 spiro atoms. The molecule has 8 heteroatoms. The standard InChI is InChI=1S/C23H20FN5O2/c1-15-5-3-6-17(11-15)14-31-20-8-4-7-18(12-20)23(30)25-22-13-19(9-10-21(22)24)29-16(2)26-27-28-29/h3-13H,14H2,1-2H3,(H,25,30). The number of hydrogen-bond donors (Lipinski definition) is 1. The van der Waals surface area contributed by atoms with Crippen LogP contribution in [0.15, 0.2) is 66.7 Å². The van der Waals surface area contributed by atoms with Gasteiger partial charge in [-0.1, -0.05) is 35.9 Å². The van der Waals surface area contributed by atoms with E-state index in [2.05, 4.69) is 20.8 Å². The van der Waals surface area contributed by atoms with E-state index in [1.807, 2.05) is 31.2 Å². The monoisotopic (exact) mass is 417 g/mol. The zero-order valence-electron chi connectivity index (χ0n) is 17.0. The Bertz CT molecular complexity index is 1240. The number of halogens is 1. The maximum Gasteiger partial charge on any atom is 0.255 e. The van der Waals surface area contributed by atoms with E-state index in [9.17, 15) is 9.18 Å². The predicted molar refractivity (Wildman–Crippen MR) is 114 cm³/mol. The molecule has 0 atom stereocenters. The molecule has 156 valence electrons. The van der Waals surface area contributed by atoms with Gasteiger partial charge in [-0.05, 0) is 66.2 Å². The summed E-state index contributed by atoms with van der Waals surface area (Å²) in [6, 6.07) is 19.0. The summed E-state index contributed by atoms with van der Waals surface area (Å²) < 4.78 is 21.6. The molecule has 1 amide bonds. The molecule has 0 unspecified atom stereocenters. The second kappa shape index (κ2) is 8.74. The summed E-state index contributed by atoms with van der Waals surface area (Å²) in [4.78, 5) is 12.7. The van der Waals surface area contributed by atoms with Gasteiger partial charge >= 0.3 is 0 Å². The van der Waals surface area contributed by atoms with Gasteiger partial charge in [-0.2, -0.15) is 4.68 Å². The molecule has 7 nitrogen and oxygen atoms in total. The number of nitrogens with one attached hydrogen (secondary N) is 1. The van der Waals surface area contributed by atoms with Crippen molar-refractivity contribution in [2.75, 3.05) is 5.32 Å². The topological polar surface area (TPSA) is 81.9 Å². The molecule has 0 aliphatic rings. The van der Waals surface area contributed by atoms with E-state index >= 15 is 0 Å². The van der Waals surface area contributed by atoms with Crippen LogP contribution in [0.5, 0.6) is 5.75 Å². The fourth-order valence-corrected chi connectivity index (χ4v) is 3.10. The van der Waals surface area contributed by atoms with Crippen molar-refractivity contribution >= 4 is 11.6 Å². The van der Waals surface area contributed by atoms with Crippen LogP contribution in [0.2, 0.25) is 0 Å². The summed E-state index contributed by atoms with van der Waals surface area (Å²) in [7, 11) is 0. The van der Waals surface area contributed by atoms with Crippen molar-refractivity contribution < 1.29 is 13.9 Å². The molecule has 3 aromatic carbocycles. The highest BCUT2D eigenvalue weighted by molar-refractivity contribution is 6.04. The largest absolute Gasteiger partial charge is 0.489 e. The van der Waals surface area contributed by atoms with Crippen LogP contribution in [0.3, 0.4) is 0 Å². The van der Waals surface area contributed by atoms with Crippen molar-refractivity contribution in [3.63, 3.8) is 0 Å². The average molecular weight is 417 g/mol. The Labute approximate surface area is 178 Å². The second-order valence-electron chi connectivity index (χ2n) is 7.06. The fourth-order valence-electron chi connectivity index (χ4n) is 3.10. The number of rotatable bonds is 6. The predicted octanol–water partition coefficient (Wildman–Crippen LogP) is 4.25. The first-order valence-electron chi connectivity index (χ1n) is 9.64. The van der Waals surface area contributed by atoms with E-state index in [0.717, 1.165) is 11.1 Å². The van der Waals surface area contributed by atoms with E-state index in [4.69, 9.17) is 4.74 Å². The van der Waals surface area contributed by atoms with E-state index < -0.39 is 11.7 Å². The van der Waals surface area contributed by atoms with Gasteiger partial charge in [0.25, 0.3) is 5.91 Å². The number of tetrazole rings is 1. The molecule has 0 saturated carbocycles. The molecule has 0 radical (unpaired) electrons. The molecule has 31 heavy (non-hydrogen) atoms. The first kappa shape index (κ1) is 20.2. The number of benzene rings is 3. The highest BCUT2D eigenvalue weighted by Gasteiger charge is 2.13. The number of amides is 1. The summed E-state index contributed by atoms with van der Waals surface area (Å²) in [6.45, 7) is 4.13. The number of anilines is 1. The SMILES string of the molecule is Cc1cccc(COc2cccc(C(=O)Nc3cc(-n4nnnc4C)ccc3F)c2)c1. The number of aryl methyl sites for hydroxylation is 2. The Morgan fingerprint density at radius 1 is 1.06 bits per heavy atom. The lowest BCUT2D eigenvalue weighted by Gasteiger charge is -2.11. The van der Waals surface area contributed by atoms with E-state index in [1.54, 1.807) is 31.2 Å². The molecule has 1 aromatic heterocycles. The van der Waals surface area contributed by atoms with Crippen molar-refractivity contribution in [3.8, 4) is 11.4 Å². The van der Waals surface area contributed by atoms with Crippen LogP contribution in [0.4, 0.5) is 10.1 Å². The molecular weight excluding hydrogens is 397 g/mol. The van der Waals surface area contributed by atoms with Gasteiger partial charge in [-0.15, -0.1) is 5.10 Å². The Morgan fingerprint density at radius 3 is 2.68 bits per heavy atom. The summed E-state index contributed by atoms with van der Waals surface area (Å²) in [6.07, 6.45) is 0. The highest BCUT2D eigenvalue weighted by Crippen LogP contribution is 2.21. The molecular formula is C23H20FN5O2. The van der Waals surface area contributed by atoms with Gasteiger partial charge in [-0.25, -0.2) is 4.39 Å². The maximum atomic E-state index is 14.3. The molecule has 0 aliphatic carbocycles. The minimum Gasteiger partial charge on any atom is -0.489 e. The normalized spacial score (nSPS) is 10.7. The number of carbonyl (C=O) groups is 1. The van der Waals surface area contributed by atoms with Gasteiger partial charge in [0.15, 0.2) is 5.82 Å². The van der Waals surface area contributed by atoms with Crippen molar-refractivity contribution in [2.45, 2.75) is 20.5 Å². The van der Waals surface area contributed by atoms with Crippen LogP contribution in [0.25, 0.3) is 5.69 Å². The third-order valence-electron chi connectivity index (χ3n) is 4.65. The average Bonchev–Trinajstić information content (AvgIpc) is 3.20. The molecule has 0 bridgehead atoms. The van der Waals surface area contributed by atoms with Crippen molar-refractivity contribution in [1.29, 1.82) is 0 Å². The summed E-state index contributed by atoms with van der Waals surface area (Å²) >= 11 is 0. The van der Waals surface area contributed by atoms with Gasteiger partial charge < -0.3 is 10.1 Å². The van der Waals surface area contributed by atoms with Crippen LogP contribution >= 0.6 is 0 Å². The summed E-state index contributed by atoms with van der Waals surface area (Å²) in [5.41, 5.74) is 3.10. The van der Waals surface area contributed by atoms with Crippen LogP contribution in [0, 0.1) is 19.7 Å². The Hall–Kier alpha value is -4.07. The van der Waals surface area contributed by atoms with Crippen molar-refractivity contribution in [3.05, 3.63) is 95.1 Å². The number of ether oxygens (including phenoxy) is 1. The van der Waals surface area contributed by atoms with Gasteiger partial charge in [0.1, 0.15) is 18.2 Å². The molecule has 1 N–H and O–H groups in total. The summed E-state index contributed by atoms with van der Waals surface area (Å²) in [5, 5.41) is 13.9. The third kappa shape index (κ3) is 4.75. The lowest BCUT2D eigenvalue weighted by atomic mass is 10.1. The van der Waals surface area contributed by atoms with Crippen LogP contribution in [0.1, 0.15) is 27.3 Å². The Kier molecular flexibility index (Phi) is 5.70. The zero-order valence-corrected chi connectivity index (χ0v) is 17.0. The molecule has 4 rings (SSSR count). The lowest BCUT2D eigenvalue weighted by Crippen LogP contribution is -2.14. The van der Waals surface area contributed by atoms with Gasteiger partial charge in [0.2, 0.25) is 0 Å². The third-order valence-corrected chi connectivity index (χ3v) is 4.65. The van der Waals surface area contributed by atoms with Crippen LogP contribution in [-0.4, -0.2) is 26.1 Å². The maximum absolute atomic E-state index is 14.3. The highest BCUT2D eigenvalue weighted by atomic mass is 19.1. The smallest absolute Gasteiger partial charge is 0.255 e. The van der Waals surface area contributed by atoms with Crippen molar-refractivity contribution in [2.24, 2.45) is 0 Å². The first-order chi connectivity index (χ1) is 15.0. The number of nitrogens with zero attached hydrogens (tertiary/aromatic N) is 4. The quantitative estimate of drug-likeness (QED) is 0.507. The van der Waals surface area contributed by atoms with E-state index in [0.29, 0.717) is 29.4 Å². The van der Waals surface area contributed by atoms with Crippen LogP contribution in [-0.2, 0) is 6.61 Å². The number of aromatic nitrogens is 4. The zero-order chi connectivity index (χ0) is 21.8. The second-order valence-corrected chi connectivity index (χ2v) is 7.06. The molecule has 0 saturated heterocycles. The fraction of sp³-hybridized carbons (Fsp3) is 0.130. The van der Waals surface area contributed by atoms with Gasteiger partial charge in [-0.3, -0.25) is 4.79 Å². The van der Waals surface area contributed by atoms with Gasteiger partial charge in [0.05, 0.1) is 11.4 Å². The minimum atomic E-state index is -0.560.